The molecule has 25 heavy (non-hydrogen) atoms. The van der Waals surface area contributed by atoms with Gasteiger partial charge in [-0.1, -0.05) is 36.4 Å². The lowest BCUT2D eigenvalue weighted by Crippen LogP contribution is -2.28. The number of nitrogens with zero attached hydrogens (tertiary/aromatic N) is 1. The zero-order valence-corrected chi connectivity index (χ0v) is 13.9. The van der Waals surface area contributed by atoms with E-state index >= 15 is 0 Å². The third kappa shape index (κ3) is 2.73. The molecule has 1 aliphatic rings. The highest BCUT2D eigenvalue weighted by molar-refractivity contribution is 6.35. The number of hydrogen-bond donors (Lipinski definition) is 1. The van der Waals surface area contributed by atoms with Crippen LogP contribution in [0, 0.1) is 0 Å². The largest absolute Gasteiger partial charge is 0.382 e. The highest BCUT2D eigenvalue weighted by Crippen LogP contribution is 2.38. The van der Waals surface area contributed by atoms with Gasteiger partial charge < -0.3 is 9.72 Å². The molecule has 0 saturated carbocycles. The van der Waals surface area contributed by atoms with Crippen molar-refractivity contribution in [2.75, 3.05) is 25.4 Å². The Bertz CT molecular complexity index is 958. The van der Waals surface area contributed by atoms with Crippen LogP contribution in [0.4, 0.5) is 5.69 Å². The predicted molar refractivity (Wildman–Crippen MR) is 97.9 cm³/mol. The van der Waals surface area contributed by atoms with Gasteiger partial charge in [0.05, 0.1) is 24.5 Å². The van der Waals surface area contributed by atoms with E-state index in [1.54, 1.807) is 7.11 Å². The van der Waals surface area contributed by atoms with Crippen LogP contribution < -0.4 is 5.06 Å². The predicted octanol–water partition coefficient (Wildman–Crippen LogP) is 3.63. The minimum Gasteiger partial charge on any atom is -0.382 e. The average molecular weight is 334 g/mol. The third-order valence-corrected chi connectivity index (χ3v) is 4.26. The molecule has 5 nitrogen and oxygen atoms in total. The normalized spacial score (nSPS) is 15.3. The van der Waals surface area contributed by atoms with Gasteiger partial charge in [0, 0.05) is 35.3 Å². The van der Waals surface area contributed by atoms with Gasteiger partial charge in [-0.2, -0.15) is 5.06 Å². The Morgan fingerprint density at radius 3 is 2.76 bits per heavy atom. The van der Waals surface area contributed by atoms with Gasteiger partial charge in [0.15, 0.2) is 0 Å². The third-order valence-electron chi connectivity index (χ3n) is 4.26. The smallest absolute Gasteiger partial charge is 0.282 e. The van der Waals surface area contributed by atoms with E-state index in [1.807, 2.05) is 60.8 Å². The Morgan fingerprint density at radius 1 is 1.08 bits per heavy atom. The van der Waals surface area contributed by atoms with Crippen molar-refractivity contribution in [3.05, 3.63) is 65.9 Å². The maximum atomic E-state index is 12.9. The summed E-state index contributed by atoms with van der Waals surface area (Å²) in [6.45, 7) is 0.740. The number of para-hydroxylation sites is 2. The molecular weight excluding hydrogens is 316 g/mol. The van der Waals surface area contributed by atoms with Crippen molar-refractivity contribution in [2.24, 2.45) is 0 Å². The fraction of sp³-hybridized carbons (Fsp3) is 0.150. The van der Waals surface area contributed by atoms with Crippen LogP contribution in [-0.2, 0) is 14.4 Å². The summed E-state index contributed by atoms with van der Waals surface area (Å²) >= 11 is 0. The van der Waals surface area contributed by atoms with Crippen LogP contribution in [0.15, 0.2) is 54.7 Å². The minimum atomic E-state index is -0.164. The second-order valence-electron chi connectivity index (χ2n) is 5.79. The number of aromatic nitrogens is 1. The van der Waals surface area contributed by atoms with Crippen molar-refractivity contribution in [3.63, 3.8) is 0 Å². The lowest BCUT2D eigenvalue weighted by molar-refractivity contribution is -0.120. The second-order valence-corrected chi connectivity index (χ2v) is 5.79. The molecule has 0 saturated heterocycles. The summed E-state index contributed by atoms with van der Waals surface area (Å²) in [7, 11) is 1.60. The zero-order valence-electron chi connectivity index (χ0n) is 13.9. The Kier molecular flexibility index (Phi) is 4.09. The van der Waals surface area contributed by atoms with Crippen LogP contribution in [0.3, 0.4) is 0 Å². The average Bonchev–Trinajstić information content (AvgIpc) is 3.17. The fourth-order valence-electron chi connectivity index (χ4n) is 3.06. The molecule has 5 heteroatoms. The first-order valence-electron chi connectivity index (χ1n) is 8.13. The van der Waals surface area contributed by atoms with Gasteiger partial charge in [-0.15, -0.1) is 0 Å². The van der Waals surface area contributed by atoms with Crippen molar-refractivity contribution >= 4 is 34.1 Å². The molecule has 1 N–H and O–H groups in total. The standard InChI is InChI=1S/C20H18N2O3/c1-24-10-11-25-22-19-9-5-3-7-16(19)17(20(22)23)12-14-13-21-18-8-4-2-6-15(14)18/h2-9,12-13,21H,10-11H2,1H3. The number of nitrogens with one attached hydrogen (secondary N) is 1. The number of carbonyl (C=O) groups excluding carboxylic acids is 1. The van der Waals surface area contributed by atoms with Crippen LogP contribution in [0.25, 0.3) is 22.6 Å². The van der Waals surface area contributed by atoms with Gasteiger partial charge in [0.2, 0.25) is 0 Å². The number of rotatable bonds is 5. The van der Waals surface area contributed by atoms with E-state index in [-0.39, 0.29) is 5.91 Å². The van der Waals surface area contributed by atoms with Gasteiger partial charge in [0.25, 0.3) is 5.91 Å². The summed E-state index contributed by atoms with van der Waals surface area (Å²) in [5, 5.41) is 2.44. The number of methoxy groups -OCH3 is 1. The van der Waals surface area contributed by atoms with Gasteiger partial charge in [-0.3, -0.25) is 9.63 Å². The van der Waals surface area contributed by atoms with Gasteiger partial charge in [-0.25, -0.2) is 0 Å². The van der Waals surface area contributed by atoms with Gasteiger partial charge >= 0.3 is 0 Å². The monoisotopic (exact) mass is 334 g/mol. The summed E-state index contributed by atoms with van der Waals surface area (Å²) in [4.78, 5) is 21.8. The van der Waals surface area contributed by atoms with E-state index in [0.717, 1.165) is 27.7 Å². The van der Waals surface area contributed by atoms with Crippen molar-refractivity contribution in [2.45, 2.75) is 0 Å². The second kappa shape index (κ2) is 6.55. The molecule has 0 unspecified atom stereocenters. The van der Waals surface area contributed by atoms with E-state index in [2.05, 4.69) is 4.98 Å². The van der Waals surface area contributed by atoms with E-state index in [1.165, 1.54) is 5.06 Å². The minimum absolute atomic E-state index is 0.164. The van der Waals surface area contributed by atoms with Crippen LogP contribution in [0.1, 0.15) is 11.1 Å². The molecule has 4 rings (SSSR count). The summed E-state index contributed by atoms with van der Waals surface area (Å²) in [5.41, 5.74) is 4.27. The summed E-state index contributed by atoms with van der Waals surface area (Å²) in [5.74, 6) is -0.164. The highest BCUT2D eigenvalue weighted by Gasteiger charge is 2.33. The number of fused-ring (bicyclic) bond motifs is 2. The molecule has 1 amide bonds. The first-order valence-corrected chi connectivity index (χ1v) is 8.13. The maximum absolute atomic E-state index is 12.9. The van der Waals surface area contributed by atoms with Crippen LogP contribution in [-0.4, -0.2) is 31.2 Å². The Balaban J connectivity index is 1.75. The SMILES string of the molecule is COCCON1C(=O)C(=Cc2c[nH]c3ccccc23)c2ccccc21. The molecule has 0 aliphatic carbocycles. The molecule has 2 heterocycles. The Morgan fingerprint density at radius 2 is 1.88 bits per heavy atom. The summed E-state index contributed by atoms with van der Waals surface area (Å²) in [6, 6.07) is 15.7. The van der Waals surface area contributed by atoms with E-state index in [4.69, 9.17) is 9.57 Å². The fourth-order valence-corrected chi connectivity index (χ4v) is 3.06. The number of H-pyrrole nitrogens is 1. The van der Waals surface area contributed by atoms with Crippen LogP contribution in [0.5, 0.6) is 0 Å². The molecule has 3 aromatic rings. The first-order chi connectivity index (χ1) is 12.3. The molecule has 0 atom stereocenters. The number of hydrogen-bond acceptors (Lipinski definition) is 3. The van der Waals surface area contributed by atoms with E-state index in [9.17, 15) is 4.79 Å². The number of ether oxygens (including phenoxy) is 1. The molecule has 2 aromatic carbocycles. The first kappa shape index (κ1) is 15.6. The Hall–Kier alpha value is -2.89. The lowest BCUT2D eigenvalue weighted by atomic mass is 10.0. The van der Waals surface area contributed by atoms with E-state index < -0.39 is 0 Å². The molecule has 0 spiro atoms. The van der Waals surface area contributed by atoms with E-state index in [0.29, 0.717) is 18.8 Å². The highest BCUT2D eigenvalue weighted by atomic mass is 16.7. The lowest BCUT2D eigenvalue weighted by Gasteiger charge is -2.15. The number of hydroxylamine groups is 1. The zero-order chi connectivity index (χ0) is 17.2. The molecule has 0 fully saturated rings. The molecule has 1 aromatic heterocycles. The quantitative estimate of drug-likeness (QED) is 0.572. The summed E-state index contributed by atoms with van der Waals surface area (Å²) < 4.78 is 5.00. The van der Waals surface area contributed by atoms with Crippen molar-refractivity contribution in [1.29, 1.82) is 0 Å². The maximum Gasteiger partial charge on any atom is 0.282 e. The topological polar surface area (TPSA) is 54.6 Å². The number of carbonyl (C=O) groups is 1. The molecule has 1 aliphatic heterocycles. The van der Waals surface area contributed by atoms with Crippen molar-refractivity contribution in [1.82, 2.24) is 4.98 Å². The number of aromatic amines is 1. The molecule has 126 valence electrons. The Labute approximate surface area is 145 Å². The van der Waals surface area contributed by atoms with Crippen LogP contribution >= 0.6 is 0 Å². The van der Waals surface area contributed by atoms with Gasteiger partial charge in [0.1, 0.15) is 0 Å². The van der Waals surface area contributed by atoms with Crippen LogP contribution in [0.2, 0.25) is 0 Å². The number of amides is 1. The van der Waals surface area contributed by atoms with Gasteiger partial charge in [-0.05, 0) is 18.2 Å². The van der Waals surface area contributed by atoms with Crippen molar-refractivity contribution < 1.29 is 14.4 Å². The molecule has 0 bridgehead atoms. The molecular formula is C20H18N2O3. The number of benzene rings is 2. The number of anilines is 1. The summed E-state index contributed by atoms with van der Waals surface area (Å²) in [6.07, 6.45) is 3.84. The van der Waals surface area contributed by atoms with Crippen molar-refractivity contribution in [3.8, 4) is 0 Å². The molecule has 0 radical (unpaired) electrons.